The van der Waals surface area contributed by atoms with Gasteiger partial charge in [-0.15, -0.1) is 0 Å². The first-order valence-electron chi connectivity index (χ1n) is 10.7. The second kappa shape index (κ2) is 8.57. The van der Waals surface area contributed by atoms with Crippen LogP contribution in [0.25, 0.3) is 11.3 Å². The molecule has 0 spiro atoms. The fourth-order valence-electron chi connectivity index (χ4n) is 4.93. The quantitative estimate of drug-likeness (QED) is 0.855. The van der Waals surface area contributed by atoms with Crippen molar-refractivity contribution in [1.82, 2.24) is 14.7 Å². The second-order valence-electron chi connectivity index (χ2n) is 8.56. The van der Waals surface area contributed by atoms with Gasteiger partial charge in [-0.3, -0.25) is 9.58 Å². The monoisotopic (exact) mass is 367 g/mol. The van der Waals surface area contributed by atoms with Gasteiger partial charge in [-0.1, -0.05) is 43.5 Å². The maximum atomic E-state index is 9.50. The Bertz CT molecular complexity index is 731. The van der Waals surface area contributed by atoms with Crippen LogP contribution in [0.15, 0.2) is 30.5 Å². The van der Waals surface area contributed by atoms with E-state index in [9.17, 15) is 5.11 Å². The molecule has 1 N–H and O–H groups in total. The fourth-order valence-corrected chi connectivity index (χ4v) is 4.93. The second-order valence-corrected chi connectivity index (χ2v) is 8.56. The summed E-state index contributed by atoms with van der Waals surface area (Å²) in [5, 5.41) is 14.3. The van der Waals surface area contributed by atoms with Gasteiger partial charge in [0.05, 0.1) is 5.69 Å². The molecular weight excluding hydrogens is 334 g/mol. The van der Waals surface area contributed by atoms with E-state index in [1.165, 1.54) is 55.2 Å². The highest BCUT2D eigenvalue weighted by Gasteiger charge is 2.22. The van der Waals surface area contributed by atoms with E-state index in [4.69, 9.17) is 5.10 Å². The van der Waals surface area contributed by atoms with E-state index in [1.54, 1.807) is 0 Å². The van der Waals surface area contributed by atoms with Crippen LogP contribution in [0, 0.1) is 5.92 Å². The zero-order valence-corrected chi connectivity index (χ0v) is 16.6. The number of aliphatic hydroxyl groups excluding tert-OH is 1. The third-order valence-electron chi connectivity index (χ3n) is 6.42. The van der Waals surface area contributed by atoms with Gasteiger partial charge in [-0.2, -0.15) is 5.10 Å². The van der Waals surface area contributed by atoms with Gasteiger partial charge < -0.3 is 5.11 Å². The number of piperidine rings is 1. The van der Waals surface area contributed by atoms with E-state index in [0.717, 1.165) is 37.7 Å². The molecule has 0 bridgehead atoms. The van der Waals surface area contributed by atoms with Gasteiger partial charge in [0.15, 0.2) is 0 Å². The van der Waals surface area contributed by atoms with E-state index in [1.807, 2.05) is 11.7 Å². The van der Waals surface area contributed by atoms with Crippen LogP contribution >= 0.6 is 0 Å². The third-order valence-corrected chi connectivity index (χ3v) is 6.42. The summed E-state index contributed by atoms with van der Waals surface area (Å²) in [6.45, 7) is 3.33. The summed E-state index contributed by atoms with van der Waals surface area (Å²) in [6.07, 6.45) is 11.3. The Hall–Kier alpha value is -1.65. The molecule has 146 valence electrons. The van der Waals surface area contributed by atoms with Gasteiger partial charge >= 0.3 is 0 Å². The molecule has 1 aromatic carbocycles. The molecule has 1 saturated heterocycles. The van der Waals surface area contributed by atoms with Crippen LogP contribution in [0.4, 0.5) is 0 Å². The van der Waals surface area contributed by atoms with Gasteiger partial charge in [0.2, 0.25) is 0 Å². The summed E-state index contributed by atoms with van der Waals surface area (Å²) in [5.74, 6) is 1.17. The minimum absolute atomic E-state index is 0.305. The Kier molecular flexibility index (Phi) is 5.94. The molecular formula is C23H33N3O. The molecule has 1 atom stereocenters. The number of likely N-dealkylation sites (tertiary alicyclic amines) is 1. The number of aliphatic hydroxyl groups is 1. The molecule has 4 nitrogen and oxygen atoms in total. The SMILES string of the molecule is Cn1cc(CN2CCCC(CO)C2)c(-c2ccc(C3CCCCC3)cc2)n1. The molecule has 1 saturated carbocycles. The van der Waals surface area contributed by atoms with Crippen molar-refractivity contribution in [2.24, 2.45) is 13.0 Å². The first-order chi connectivity index (χ1) is 13.2. The molecule has 1 unspecified atom stereocenters. The topological polar surface area (TPSA) is 41.3 Å². The van der Waals surface area contributed by atoms with Gasteiger partial charge in [0, 0.05) is 44.1 Å². The molecule has 2 heterocycles. The van der Waals surface area contributed by atoms with E-state index < -0.39 is 0 Å². The molecule has 1 aliphatic heterocycles. The molecule has 4 rings (SSSR count). The van der Waals surface area contributed by atoms with Crippen LogP contribution < -0.4 is 0 Å². The number of nitrogens with zero attached hydrogens (tertiary/aromatic N) is 3. The van der Waals surface area contributed by atoms with Crippen molar-refractivity contribution in [1.29, 1.82) is 0 Å². The number of aryl methyl sites for hydroxylation is 1. The Morgan fingerprint density at radius 3 is 2.56 bits per heavy atom. The maximum Gasteiger partial charge on any atom is 0.0968 e. The summed E-state index contributed by atoms with van der Waals surface area (Å²) in [4.78, 5) is 2.47. The van der Waals surface area contributed by atoms with Crippen molar-refractivity contribution < 1.29 is 5.11 Å². The smallest absolute Gasteiger partial charge is 0.0968 e. The molecule has 1 aromatic heterocycles. The van der Waals surface area contributed by atoms with E-state index >= 15 is 0 Å². The van der Waals surface area contributed by atoms with Crippen LogP contribution in [0.2, 0.25) is 0 Å². The number of benzene rings is 1. The summed E-state index contributed by atoms with van der Waals surface area (Å²) in [6, 6.07) is 9.18. The number of hydrogen-bond donors (Lipinski definition) is 1. The molecule has 2 aromatic rings. The minimum atomic E-state index is 0.305. The standard InChI is InChI=1S/C23H33N3O/c1-25-15-22(16-26-13-5-6-18(14-26)17-27)23(24-25)21-11-9-20(10-12-21)19-7-3-2-4-8-19/h9-12,15,18-19,27H,2-8,13-14,16-17H2,1H3. The Balaban J connectivity index is 1.50. The molecule has 0 radical (unpaired) electrons. The lowest BCUT2D eigenvalue weighted by Gasteiger charge is -2.31. The zero-order chi connectivity index (χ0) is 18.6. The fraction of sp³-hybridized carbons (Fsp3) is 0.609. The number of rotatable bonds is 5. The minimum Gasteiger partial charge on any atom is -0.396 e. The van der Waals surface area contributed by atoms with Gasteiger partial charge in [-0.25, -0.2) is 0 Å². The first-order valence-corrected chi connectivity index (χ1v) is 10.7. The van der Waals surface area contributed by atoms with Crippen molar-refractivity contribution >= 4 is 0 Å². The van der Waals surface area contributed by atoms with Gasteiger partial charge in [0.1, 0.15) is 0 Å². The predicted molar refractivity (Wildman–Crippen MR) is 110 cm³/mol. The average Bonchev–Trinajstić information content (AvgIpc) is 3.09. The summed E-state index contributed by atoms with van der Waals surface area (Å²) in [7, 11) is 2.01. The van der Waals surface area contributed by atoms with Crippen LogP contribution in [-0.4, -0.2) is 39.5 Å². The van der Waals surface area contributed by atoms with Crippen molar-refractivity contribution in [3.05, 3.63) is 41.6 Å². The van der Waals surface area contributed by atoms with Crippen LogP contribution in [-0.2, 0) is 13.6 Å². The van der Waals surface area contributed by atoms with Crippen LogP contribution in [0.5, 0.6) is 0 Å². The van der Waals surface area contributed by atoms with Crippen LogP contribution in [0.3, 0.4) is 0 Å². The predicted octanol–water partition coefficient (Wildman–Crippen LogP) is 4.34. The average molecular weight is 368 g/mol. The maximum absolute atomic E-state index is 9.50. The lowest BCUT2D eigenvalue weighted by Crippen LogP contribution is -2.36. The molecule has 4 heteroatoms. The lowest BCUT2D eigenvalue weighted by molar-refractivity contribution is 0.116. The Morgan fingerprint density at radius 2 is 1.81 bits per heavy atom. The summed E-state index contributed by atoms with van der Waals surface area (Å²) in [5.41, 5.74) is 5.12. The van der Waals surface area contributed by atoms with Crippen molar-refractivity contribution in [2.45, 2.75) is 57.4 Å². The molecule has 2 fully saturated rings. The highest BCUT2D eigenvalue weighted by atomic mass is 16.3. The van der Waals surface area contributed by atoms with E-state index in [0.29, 0.717) is 12.5 Å². The third kappa shape index (κ3) is 4.44. The summed E-state index contributed by atoms with van der Waals surface area (Å²) >= 11 is 0. The molecule has 27 heavy (non-hydrogen) atoms. The van der Waals surface area contributed by atoms with Crippen molar-refractivity contribution in [2.75, 3.05) is 19.7 Å². The molecule has 0 amide bonds. The number of hydrogen-bond acceptors (Lipinski definition) is 3. The zero-order valence-electron chi connectivity index (χ0n) is 16.6. The molecule has 1 aliphatic carbocycles. The number of aromatic nitrogens is 2. The first kappa shape index (κ1) is 18.7. The Morgan fingerprint density at radius 1 is 1.04 bits per heavy atom. The highest BCUT2D eigenvalue weighted by Crippen LogP contribution is 2.34. The van der Waals surface area contributed by atoms with Crippen molar-refractivity contribution in [3.8, 4) is 11.3 Å². The lowest BCUT2D eigenvalue weighted by atomic mass is 9.84. The van der Waals surface area contributed by atoms with Gasteiger partial charge in [0.25, 0.3) is 0 Å². The largest absolute Gasteiger partial charge is 0.396 e. The van der Waals surface area contributed by atoms with Crippen molar-refractivity contribution in [3.63, 3.8) is 0 Å². The summed E-state index contributed by atoms with van der Waals surface area (Å²) < 4.78 is 1.94. The molecule has 2 aliphatic rings. The highest BCUT2D eigenvalue weighted by molar-refractivity contribution is 5.63. The van der Waals surface area contributed by atoms with Gasteiger partial charge in [-0.05, 0) is 49.6 Å². The van der Waals surface area contributed by atoms with E-state index in [2.05, 4.69) is 35.4 Å². The van der Waals surface area contributed by atoms with E-state index in [-0.39, 0.29) is 0 Å². The normalized spacial score (nSPS) is 22.2. The Labute approximate surface area is 163 Å². The van der Waals surface area contributed by atoms with Crippen LogP contribution in [0.1, 0.15) is 62.0 Å².